The smallest absolute Gasteiger partial charge is 0.0737 e. The predicted molar refractivity (Wildman–Crippen MR) is 42.7 cm³/mol. The molecule has 0 aromatic rings. The fourth-order valence-corrected chi connectivity index (χ4v) is 0.791. The van der Waals surface area contributed by atoms with Gasteiger partial charge in [-0.3, -0.25) is 0 Å². The fourth-order valence-electron chi connectivity index (χ4n) is 0.710. The van der Waals surface area contributed by atoms with Crippen LogP contribution in [0.25, 0.3) is 0 Å². The van der Waals surface area contributed by atoms with Crippen LogP contribution < -0.4 is 0 Å². The SMILES string of the molecule is CCN(CC)CCOS. The van der Waals surface area contributed by atoms with Crippen LogP contribution in [0.3, 0.4) is 0 Å². The van der Waals surface area contributed by atoms with Gasteiger partial charge >= 0.3 is 0 Å². The molecule has 0 unspecified atom stereocenters. The maximum absolute atomic E-state index is 4.63. The normalized spacial score (nSPS) is 10.7. The Morgan fingerprint density at radius 2 is 1.89 bits per heavy atom. The Hall–Kier alpha value is 0.270. The Morgan fingerprint density at radius 3 is 2.22 bits per heavy atom. The first-order chi connectivity index (χ1) is 4.35. The number of thiol groups is 1. The summed E-state index contributed by atoms with van der Waals surface area (Å²) in [5, 5.41) is 0. The highest BCUT2D eigenvalue weighted by Gasteiger charge is 1.95. The van der Waals surface area contributed by atoms with E-state index in [0.29, 0.717) is 6.61 Å². The second-order valence-electron chi connectivity index (χ2n) is 1.86. The van der Waals surface area contributed by atoms with Crippen molar-refractivity contribution in [1.82, 2.24) is 4.90 Å². The van der Waals surface area contributed by atoms with Crippen LogP contribution in [0.1, 0.15) is 13.8 Å². The molecule has 0 saturated carbocycles. The molecule has 56 valence electrons. The molecule has 0 radical (unpaired) electrons. The Morgan fingerprint density at radius 1 is 1.33 bits per heavy atom. The molecule has 0 rings (SSSR count). The standard InChI is InChI=1S/C6H15NOS/c1-3-7(4-2)5-6-8-9/h9H,3-6H2,1-2H3. The van der Waals surface area contributed by atoms with Gasteiger partial charge in [0.15, 0.2) is 0 Å². The van der Waals surface area contributed by atoms with Crippen molar-refractivity contribution in [2.45, 2.75) is 13.8 Å². The summed E-state index contributed by atoms with van der Waals surface area (Å²) in [4.78, 5) is 2.29. The van der Waals surface area contributed by atoms with Gasteiger partial charge in [0.25, 0.3) is 0 Å². The van der Waals surface area contributed by atoms with Crippen LogP contribution in [0.5, 0.6) is 0 Å². The molecular weight excluding hydrogens is 134 g/mol. The molecule has 0 fully saturated rings. The van der Waals surface area contributed by atoms with Gasteiger partial charge in [0.05, 0.1) is 6.61 Å². The zero-order valence-electron chi connectivity index (χ0n) is 6.13. The first-order valence-electron chi connectivity index (χ1n) is 3.33. The molecule has 0 spiro atoms. The van der Waals surface area contributed by atoms with Gasteiger partial charge in [-0.1, -0.05) is 13.8 Å². The molecule has 0 saturated heterocycles. The van der Waals surface area contributed by atoms with E-state index in [4.69, 9.17) is 0 Å². The topological polar surface area (TPSA) is 12.5 Å². The Balaban J connectivity index is 3.09. The molecule has 0 N–H and O–H groups in total. The molecule has 0 aromatic heterocycles. The van der Waals surface area contributed by atoms with Crippen LogP contribution in [0.2, 0.25) is 0 Å². The molecular formula is C6H15NOS. The summed E-state index contributed by atoms with van der Waals surface area (Å²) in [6.07, 6.45) is 0. The van der Waals surface area contributed by atoms with Crippen molar-refractivity contribution >= 4 is 12.9 Å². The van der Waals surface area contributed by atoms with Crippen LogP contribution in [0.4, 0.5) is 0 Å². The third kappa shape index (κ3) is 4.75. The number of hydrogen-bond donors (Lipinski definition) is 1. The second kappa shape index (κ2) is 6.39. The molecule has 3 heteroatoms. The number of likely N-dealkylation sites (N-methyl/N-ethyl adjacent to an activating group) is 1. The molecule has 0 aromatic carbocycles. The molecule has 2 nitrogen and oxygen atoms in total. The minimum atomic E-state index is 0.713. The molecule has 0 aliphatic heterocycles. The highest BCUT2D eigenvalue weighted by atomic mass is 32.1. The van der Waals surface area contributed by atoms with E-state index < -0.39 is 0 Å². The van der Waals surface area contributed by atoms with E-state index in [1.807, 2.05) is 0 Å². The average molecular weight is 149 g/mol. The van der Waals surface area contributed by atoms with E-state index in [1.54, 1.807) is 0 Å². The number of hydrogen-bond acceptors (Lipinski definition) is 3. The van der Waals surface area contributed by atoms with Gasteiger partial charge in [-0.25, -0.2) is 0 Å². The first-order valence-corrected chi connectivity index (χ1v) is 3.70. The molecule has 0 aliphatic carbocycles. The summed E-state index contributed by atoms with van der Waals surface area (Å²) in [6.45, 7) is 8.16. The van der Waals surface area contributed by atoms with E-state index in [2.05, 4.69) is 35.8 Å². The zero-order valence-corrected chi connectivity index (χ0v) is 7.03. The van der Waals surface area contributed by atoms with E-state index in [9.17, 15) is 0 Å². The lowest BCUT2D eigenvalue weighted by atomic mass is 10.5. The largest absolute Gasteiger partial charge is 0.317 e. The van der Waals surface area contributed by atoms with Crippen molar-refractivity contribution in [2.75, 3.05) is 26.2 Å². The average Bonchev–Trinajstić information content (AvgIpc) is 1.91. The summed E-state index contributed by atoms with van der Waals surface area (Å²) in [5.74, 6) is 0. The van der Waals surface area contributed by atoms with Crippen LogP contribution in [0.15, 0.2) is 0 Å². The summed E-state index contributed by atoms with van der Waals surface area (Å²) in [5.41, 5.74) is 0. The molecule has 0 amide bonds. The van der Waals surface area contributed by atoms with Gasteiger partial charge in [0.1, 0.15) is 0 Å². The minimum Gasteiger partial charge on any atom is -0.317 e. The van der Waals surface area contributed by atoms with Crippen molar-refractivity contribution in [3.63, 3.8) is 0 Å². The van der Waals surface area contributed by atoms with Gasteiger partial charge in [0.2, 0.25) is 0 Å². The molecule has 9 heavy (non-hydrogen) atoms. The quantitative estimate of drug-likeness (QED) is 0.465. The first kappa shape index (κ1) is 9.27. The lowest BCUT2D eigenvalue weighted by Crippen LogP contribution is -2.26. The van der Waals surface area contributed by atoms with Crippen molar-refractivity contribution in [2.24, 2.45) is 0 Å². The maximum atomic E-state index is 4.63. The van der Waals surface area contributed by atoms with Gasteiger partial charge < -0.3 is 9.08 Å². The number of nitrogens with zero attached hydrogens (tertiary/aromatic N) is 1. The van der Waals surface area contributed by atoms with E-state index in [0.717, 1.165) is 19.6 Å². The molecule has 0 aliphatic rings. The summed E-state index contributed by atoms with van der Waals surface area (Å²) >= 11 is 3.65. The van der Waals surface area contributed by atoms with E-state index in [-0.39, 0.29) is 0 Å². The van der Waals surface area contributed by atoms with Gasteiger partial charge in [-0.2, -0.15) is 0 Å². The van der Waals surface area contributed by atoms with Crippen molar-refractivity contribution in [1.29, 1.82) is 0 Å². The third-order valence-corrected chi connectivity index (χ3v) is 1.58. The summed E-state index contributed by atoms with van der Waals surface area (Å²) in [7, 11) is 0. The molecule has 0 atom stereocenters. The summed E-state index contributed by atoms with van der Waals surface area (Å²) < 4.78 is 4.63. The fraction of sp³-hybridized carbons (Fsp3) is 1.00. The van der Waals surface area contributed by atoms with Crippen LogP contribution in [-0.4, -0.2) is 31.1 Å². The molecule has 0 heterocycles. The van der Waals surface area contributed by atoms with Gasteiger partial charge in [-0.15, -0.1) is 0 Å². The second-order valence-corrected chi connectivity index (χ2v) is 2.12. The monoisotopic (exact) mass is 149 g/mol. The van der Waals surface area contributed by atoms with Crippen LogP contribution in [-0.2, 0) is 4.18 Å². The molecule has 0 bridgehead atoms. The Kier molecular flexibility index (Phi) is 6.58. The summed E-state index contributed by atoms with van der Waals surface area (Å²) in [6, 6.07) is 0. The maximum Gasteiger partial charge on any atom is 0.0737 e. The van der Waals surface area contributed by atoms with Crippen LogP contribution in [0, 0.1) is 0 Å². The lowest BCUT2D eigenvalue weighted by molar-refractivity contribution is 0.244. The zero-order chi connectivity index (χ0) is 7.11. The van der Waals surface area contributed by atoms with E-state index in [1.165, 1.54) is 0 Å². The third-order valence-electron chi connectivity index (χ3n) is 1.39. The highest BCUT2D eigenvalue weighted by Crippen LogP contribution is 1.87. The highest BCUT2D eigenvalue weighted by molar-refractivity contribution is 7.75. The number of rotatable bonds is 5. The van der Waals surface area contributed by atoms with Gasteiger partial charge in [-0.05, 0) is 26.0 Å². The van der Waals surface area contributed by atoms with Crippen molar-refractivity contribution in [3.8, 4) is 0 Å². The van der Waals surface area contributed by atoms with Gasteiger partial charge in [0, 0.05) is 6.54 Å². The van der Waals surface area contributed by atoms with Crippen molar-refractivity contribution < 1.29 is 4.18 Å². The van der Waals surface area contributed by atoms with Crippen molar-refractivity contribution in [3.05, 3.63) is 0 Å². The van der Waals surface area contributed by atoms with Crippen LogP contribution >= 0.6 is 12.9 Å². The minimum absolute atomic E-state index is 0.713. The van der Waals surface area contributed by atoms with E-state index >= 15 is 0 Å². The Bertz CT molecular complexity index is 57.0. The Labute approximate surface area is 62.8 Å². The lowest BCUT2D eigenvalue weighted by Gasteiger charge is -2.16. The predicted octanol–water partition coefficient (Wildman–Crippen LogP) is 1.19.